The summed E-state index contributed by atoms with van der Waals surface area (Å²) in [6.07, 6.45) is -0.681. The number of rotatable bonds is 3. The fourth-order valence-corrected chi connectivity index (χ4v) is 1.29. The molecule has 2 N–H and O–H groups in total. The predicted molar refractivity (Wildman–Crippen MR) is 55.4 cm³/mol. The van der Waals surface area contributed by atoms with Crippen molar-refractivity contribution >= 4 is 17.5 Å². The topological polar surface area (TPSA) is 49.3 Å². The molecule has 1 amide bonds. The summed E-state index contributed by atoms with van der Waals surface area (Å²) < 4.78 is 13.2. The Bertz CT molecular complexity index is 348. The second kappa shape index (κ2) is 5.09. The van der Waals surface area contributed by atoms with Gasteiger partial charge in [0.2, 0.25) is 0 Å². The lowest BCUT2D eigenvalue weighted by Crippen LogP contribution is -2.31. The van der Waals surface area contributed by atoms with Gasteiger partial charge in [0.15, 0.2) is 0 Å². The number of carbonyl (C=O) groups is 1. The van der Waals surface area contributed by atoms with Gasteiger partial charge in [0.25, 0.3) is 5.91 Å². The van der Waals surface area contributed by atoms with Gasteiger partial charge in [-0.3, -0.25) is 4.79 Å². The van der Waals surface area contributed by atoms with Crippen LogP contribution in [-0.4, -0.2) is 23.7 Å². The Kier molecular flexibility index (Phi) is 4.05. The van der Waals surface area contributed by atoms with Gasteiger partial charge >= 0.3 is 0 Å². The molecule has 5 heteroatoms. The number of hydrogen-bond acceptors (Lipinski definition) is 2. The van der Waals surface area contributed by atoms with Crippen LogP contribution in [-0.2, 0) is 0 Å². The van der Waals surface area contributed by atoms with Gasteiger partial charge < -0.3 is 10.4 Å². The third-order valence-electron chi connectivity index (χ3n) is 1.75. The Labute approximate surface area is 91.9 Å². The minimum absolute atomic E-state index is 0.0538. The van der Waals surface area contributed by atoms with Gasteiger partial charge in [-0.25, -0.2) is 4.39 Å². The van der Waals surface area contributed by atoms with Crippen molar-refractivity contribution in [1.29, 1.82) is 0 Å². The standard InChI is InChI=1S/C10H11ClFNO2/c1-6(14)5-13-10(15)9-7(11)3-2-4-8(9)12/h2-4,6,14H,5H2,1H3,(H,13,15)/t6-/m1/s1. The Morgan fingerprint density at radius 1 is 1.67 bits per heavy atom. The molecule has 0 fully saturated rings. The number of benzene rings is 1. The first kappa shape index (κ1) is 11.9. The number of carbonyl (C=O) groups excluding carboxylic acids is 1. The van der Waals surface area contributed by atoms with Crippen LogP contribution in [0.15, 0.2) is 18.2 Å². The molecule has 0 saturated carbocycles. The van der Waals surface area contributed by atoms with Crippen molar-refractivity contribution in [3.8, 4) is 0 Å². The average Bonchev–Trinajstić information content (AvgIpc) is 2.14. The zero-order chi connectivity index (χ0) is 11.4. The molecule has 1 aromatic rings. The van der Waals surface area contributed by atoms with E-state index < -0.39 is 17.8 Å². The van der Waals surface area contributed by atoms with Crippen LogP contribution in [0.4, 0.5) is 4.39 Å². The molecule has 0 aliphatic carbocycles. The molecule has 1 atom stereocenters. The predicted octanol–water partition coefficient (Wildman–Crippen LogP) is 1.59. The van der Waals surface area contributed by atoms with Crippen molar-refractivity contribution < 1.29 is 14.3 Å². The molecule has 1 rings (SSSR count). The highest BCUT2D eigenvalue weighted by atomic mass is 35.5. The molecule has 3 nitrogen and oxygen atoms in total. The number of halogens is 2. The molecular formula is C10H11ClFNO2. The maximum atomic E-state index is 13.2. The van der Waals surface area contributed by atoms with Crippen molar-refractivity contribution in [3.05, 3.63) is 34.6 Å². The third-order valence-corrected chi connectivity index (χ3v) is 2.06. The van der Waals surface area contributed by atoms with E-state index in [0.717, 1.165) is 6.07 Å². The van der Waals surface area contributed by atoms with Crippen molar-refractivity contribution in [3.63, 3.8) is 0 Å². The lowest BCUT2D eigenvalue weighted by Gasteiger charge is -2.08. The van der Waals surface area contributed by atoms with Crippen molar-refractivity contribution in [2.45, 2.75) is 13.0 Å². The molecule has 0 radical (unpaired) electrons. The molecular weight excluding hydrogens is 221 g/mol. The van der Waals surface area contributed by atoms with Gasteiger partial charge in [-0.1, -0.05) is 17.7 Å². The second-order valence-electron chi connectivity index (χ2n) is 3.16. The van der Waals surface area contributed by atoms with Crippen LogP contribution in [0.5, 0.6) is 0 Å². The zero-order valence-electron chi connectivity index (χ0n) is 8.13. The van der Waals surface area contributed by atoms with E-state index in [0.29, 0.717) is 0 Å². The summed E-state index contributed by atoms with van der Waals surface area (Å²) in [4.78, 5) is 11.4. The van der Waals surface area contributed by atoms with Gasteiger partial charge in [0, 0.05) is 6.54 Å². The van der Waals surface area contributed by atoms with Crippen LogP contribution >= 0.6 is 11.6 Å². The average molecular weight is 232 g/mol. The highest BCUT2D eigenvalue weighted by Gasteiger charge is 2.15. The fraction of sp³-hybridized carbons (Fsp3) is 0.300. The van der Waals surface area contributed by atoms with E-state index in [1.165, 1.54) is 19.1 Å². The first-order valence-corrected chi connectivity index (χ1v) is 4.80. The highest BCUT2D eigenvalue weighted by Crippen LogP contribution is 2.18. The Balaban J connectivity index is 2.82. The quantitative estimate of drug-likeness (QED) is 0.830. The fourth-order valence-electron chi connectivity index (χ4n) is 1.04. The summed E-state index contributed by atoms with van der Waals surface area (Å²) >= 11 is 5.68. The molecule has 0 bridgehead atoms. The van der Waals surface area contributed by atoms with Crippen molar-refractivity contribution in [1.82, 2.24) is 5.32 Å². The molecule has 82 valence electrons. The second-order valence-corrected chi connectivity index (χ2v) is 3.56. The summed E-state index contributed by atoms with van der Waals surface area (Å²) in [5.74, 6) is -1.30. The number of nitrogens with one attached hydrogen (secondary N) is 1. The van der Waals surface area contributed by atoms with Gasteiger partial charge in [-0.05, 0) is 19.1 Å². The van der Waals surface area contributed by atoms with Crippen molar-refractivity contribution in [2.24, 2.45) is 0 Å². The van der Waals surface area contributed by atoms with Gasteiger partial charge in [-0.2, -0.15) is 0 Å². The van der Waals surface area contributed by atoms with Crippen LogP contribution in [0.25, 0.3) is 0 Å². The smallest absolute Gasteiger partial charge is 0.255 e. The molecule has 0 aromatic heterocycles. The van der Waals surface area contributed by atoms with Crippen LogP contribution in [0, 0.1) is 5.82 Å². The third kappa shape index (κ3) is 3.18. The summed E-state index contributed by atoms with van der Waals surface area (Å²) in [6, 6.07) is 4.01. The first-order chi connectivity index (χ1) is 7.02. The molecule has 0 heterocycles. The molecule has 15 heavy (non-hydrogen) atoms. The number of aliphatic hydroxyl groups is 1. The first-order valence-electron chi connectivity index (χ1n) is 4.42. The van der Waals surface area contributed by atoms with Crippen LogP contribution in [0.3, 0.4) is 0 Å². The minimum Gasteiger partial charge on any atom is -0.392 e. The molecule has 0 unspecified atom stereocenters. The lowest BCUT2D eigenvalue weighted by atomic mass is 10.2. The van der Waals surface area contributed by atoms with E-state index in [1.54, 1.807) is 0 Å². The Morgan fingerprint density at radius 2 is 2.33 bits per heavy atom. The van der Waals surface area contributed by atoms with Gasteiger partial charge in [0.05, 0.1) is 16.7 Å². The minimum atomic E-state index is -0.681. The normalized spacial score (nSPS) is 12.3. The maximum absolute atomic E-state index is 13.2. The summed E-state index contributed by atoms with van der Waals surface area (Å²) in [5, 5.41) is 11.4. The largest absolute Gasteiger partial charge is 0.392 e. The molecule has 0 saturated heterocycles. The van der Waals surface area contributed by atoms with Gasteiger partial charge in [0.1, 0.15) is 5.82 Å². The van der Waals surface area contributed by atoms with E-state index in [-0.39, 0.29) is 17.1 Å². The Hall–Kier alpha value is -1.13. The maximum Gasteiger partial charge on any atom is 0.255 e. The molecule has 0 spiro atoms. The Morgan fingerprint density at radius 3 is 2.87 bits per heavy atom. The van der Waals surface area contributed by atoms with E-state index in [9.17, 15) is 9.18 Å². The lowest BCUT2D eigenvalue weighted by molar-refractivity contribution is 0.0920. The zero-order valence-corrected chi connectivity index (χ0v) is 8.88. The van der Waals surface area contributed by atoms with E-state index in [2.05, 4.69) is 5.32 Å². The van der Waals surface area contributed by atoms with Crippen LogP contribution in [0.2, 0.25) is 5.02 Å². The monoisotopic (exact) mass is 231 g/mol. The van der Waals surface area contributed by atoms with Gasteiger partial charge in [-0.15, -0.1) is 0 Å². The summed E-state index contributed by atoms with van der Waals surface area (Å²) in [7, 11) is 0. The van der Waals surface area contributed by atoms with Crippen LogP contribution in [0.1, 0.15) is 17.3 Å². The highest BCUT2D eigenvalue weighted by molar-refractivity contribution is 6.33. The van der Waals surface area contributed by atoms with E-state index >= 15 is 0 Å². The molecule has 0 aliphatic heterocycles. The number of amides is 1. The number of aliphatic hydroxyl groups excluding tert-OH is 1. The van der Waals surface area contributed by atoms with Crippen LogP contribution < -0.4 is 5.32 Å². The molecule has 0 aliphatic rings. The van der Waals surface area contributed by atoms with Crippen molar-refractivity contribution in [2.75, 3.05) is 6.54 Å². The number of hydrogen-bond donors (Lipinski definition) is 2. The summed E-state index contributed by atoms with van der Waals surface area (Å²) in [5.41, 5.74) is -0.195. The van der Waals surface area contributed by atoms with E-state index in [1.807, 2.05) is 0 Å². The SMILES string of the molecule is C[C@@H](O)CNC(=O)c1c(F)cccc1Cl. The summed E-state index contributed by atoms with van der Waals surface area (Å²) in [6.45, 7) is 1.58. The molecule has 1 aromatic carbocycles. The van der Waals surface area contributed by atoms with E-state index in [4.69, 9.17) is 16.7 Å².